The molecule has 2 rings (SSSR count). The first-order valence-corrected chi connectivity index (χ1v) is 8.05. The number of ether oxygens (including phenoxy) is 1. The number of aromatic nitrogens is 1. The summed E-state index contributed by atoms with van der Waals surface area (Å²) in [6.07, 6.45) is 1.98. The van der Waals surface area contributed by atoms with Crippen molar-refractivity contribution < 1.29 is 4.74 Å². The summed E-state index contributed by atoms with van der Waals surface area (Å²) < 4.78 is 5.42. The van der Waals surface area contributed by atoms with Crippen LogP contribution in [0.25, 0.3) is 0 Å². The van der Waals surface area contributed by atoms with Crippen LogP contribution in [0.15, 0.2) is 30.5 Å². The van der Waals surface area contributed by atoms with E-state index in [2.05, 4.69) is 44.1 Å². The SMILES string of the molecule is COc1ccccc1[C@H](C)NCc1cnc(C(C)(C)C)s1. The predicted octanol–water partition coefficient (Wildman–Crippen LogP) is 4.30. The molecule has 0 aliphatic carbocycles. The summed E-state index contributed by atoms with van der Waals surface area (Å²) >= 11 is 1.78. The molecule has 1 heterocycles. The fourth-order valence-electron chi connectivity index (χ4n) is 2.12. The largest absolute Gasteiger partial charge is 0.496 e. The summed E-state index contributed by atoms with van der Waals surface area (Å²) in [6, 6.07) is 8.37. The van der Waals surface area contributed by atoms with Crippen LogP contribution in [0.5, 0.6) is 5.75 Å². The normalized spacial score (nSPS) is 13.2. The third-order valence-corrected chi connectivity index (χ3v) is 4.81. The first kappa shape index (κ1) is 16.0. The highest BCUT2D eigenvalue weighted by Crippen LogP contribution is 2.28. The molecule has 3 nitrogen and oxygen atoms in total. The quantitative estimate of drug-likeness (QED) is 0.894. The Balaban J connectivity index is 2.01. The van der Waals surface area contributed by atoms with Gasteiger partial charge >= 0.3 is 0 Å². The monoisotopic (exact) mass is 304 g/mol. The van der Waals surface area contributed by atoms with Gasteiger partial charge in [-0.15, -0.1) is 11.3 Å². The molecule has 21 heavy (non-hydrogen) atoms. The molecule has 0 bridgehead atoms. The number of hydrogen-bond acceptors (Lipinski definition) is 4. The molecule has 0 aliphatic rings. The number of nitrogens with zero attached hydrogens (tertiary/aromatic N) is 1. The zero-order valence-electron chi connectivity index (χ0n) is 13.4. The zero-order chi connectivity index (χ0) is 15.5. The second-order valence-electron chi connectivity index (χ2n) is 6.23. The van der Waals surface area contributed by atoms with E-state index in [-0.39, 0.29) is 11.5 Å². The van der Waals surface area contributed by atoms with Crippen LogP contribution in [0.1, 0.15) is 49.2 Å². The van der Waals surface area contributed by atoms with Gasteiger partial charge in [-0.2, -0.15) is 0 Å². The van der Waals surface area contributed by atoms with Crippen molar-refractivity contribution in [3.8, 4) is 5.75 Å². The Morgan fingerprint density at radius 3 is 2.62 bits per heavy atom. The van der Waals surface area contributed by atoms with Crippen LogP contribution in [-0.4, -0.2) is 12.1 Å². The van der Waals surface area contributed by atoms with Crippen LogP contribution in [0.4, 0.5) is 0 Å². The molecule has 0 saturated carbocycles. The van der Waals surface area contributed by atoms with Gasteiger partial charge in [0, 0.05) is 34.6 Å². The van der Waals surface area contributed by atoms with E-state index in [1.807, 2.05) is 24.4 Å². The van der Waals surface area contributed by atoms with Gasteiger partial charge in [0.2, 0.25) is 0 Å². The molecule has 0 aliphatic heterocycles. The van der Waals surface area contributed by atoms with Gasteiger partial charge in [0.25, 0.3) is 0 Å². The van der Waals surface area contributed by atoms with Crippen LogP contribution >= 0.6 is 11.3 Å². The minimum absolute atomic E-state index is 0.122. The topological polar surface area (TPSA) is 34.1 Å². The average molecular weight is 304 g/mol. The van der Waals surface area contributed by atoms with Crippen LogP contribution in [0.2, 0.25) is 0 Å². The molecule has 1 atom stereocenters. The number of hydrogen-bond donors (Lipinski definition) is 1. The lowest BCUT2D eigenvalue weighted by molar-refractivity contribution is 0.401. The van der Waals surface area contributed by atoms with Crippen molar-refractivity contribution in [2.24, 2.45) is 0 Å². The van der Waals surface area contributed by atoms with Crippen LogP contribution in [0.3, 0.4) is 0 Å². The lowest BCUT2D eigenvalue weighted by Crippen LogP contribution is -2.18. The van der Waals surface area contributed by atoms with Crippen molar-refractivity contribution in [2.45, 2.75) is 45.7 Å². The maximum Gasteiger partial charge on any atom is 0.123 e. The van der Waals surface area contributed by atoms with Crippen LogP contribution in [-0.2, 0) is 12.0 Å². The Kier molecular flexibility index (Phi) is 5.01. The zero-order valence-corrected chi connectivity index (χ0v) is 14.3. The van der Waals surface area contributed by atoms with E-state index in [9.17, 15) is 0 Å². The number of para-hydroxylation sites is 1. The summed E-state index contributed by atoms with van der Waals surface area (Å²) in [6.45, 7) is 9.57. The van der Waals surface area contributed by atoms with Crippen molar-refractivity contribution in [1.82, 2.24) is 10.3 Å². The van der Waals surface area contributed by atoms with E-state index in [1.165, 1.54) is 15.4 Å². The fourth-order valence-corrected chi connectivity index (χ4v) is 3.04. The summed E-state index contributed by atoms with van der Waals surface area (Å²) in [4.78, 5) is 5.79. The van der Waals surface area contributed by atoms with Crippen LogP contribution in [0, 0.1) is 0 Å². The van der Waals surface area contributed by atoms with E-state index in [0.717, 1.165) is 12.3 Å². The molecular weight excluding hydrogens is 280 g/mol. The molecule has 1 aromatic carbocycles. The average Bonchev–Trinajstić information content (AvgIpc) is 2.93. The van der Waals surface area contributed by atoms with Crippen molar-refractivity contribution in [2.75, 3.05) is 7.11 Å². The maximum absolute atomic E-state index is 5.42. The van der Waals surface area contributed by atoms with Gasteiger partial charge in [0.1, 0.15) is 5.75 Å². The summed E-state index contributed by atoms with van der Waals surface area (Å²) in [5, 5.41) is 4.73. The second-order valence-corrected chi connectivity index (χ2v) is 7.34. The Morgan fingerprint density at radius 1 is 1.29 bits per heavy atom. The van der Waals surface area contributed by atoms with Crippen molar-refractivity contribution in [1.29, 1.82) is 0 Å². The minimum atomic E-state index is 0.122. The maximum atomic E-state index is 5.42. The van der Waals surface area contributed by atoms with Gasteiger partial charge in [0.15, 0.2) is 0 Å². The molecule has 0 saturated heterocycles. The first-order valence-electron chi connectivity index (χ1n) is 7.23. The molecule has 114 valence electrons. The van der Waals surface area contributed by atoms with Gasteiger partial charge in [-0.1, -0.05) is 39.0 Å². The molecule has 0 spiro atoms. The Morgan fingerprint density at radius 2 is 2.00 bits per heavy atom. The highest BCUT2D eigenvalue weighted by atomic mass is 32.1. The Hall–Kier alpha value is -1.39. The fraction of sp³-hybridized carbons (Fsp3) is 0.471. The molecule has 2 aromatic rings. The van der Waals surface area contributed by atoms with Gasteiger partial charge in [-0.25, -0.2) is 4.98 Å². The molecule has 0 unspecified atom stereocenters. The summed E-state index contributed by atoms with van der Waals surface area (Å²) in [7, 11) is 1.71. The highest BCUT2D eigenvalue weighted by molar-refractivity contribution is 7.11. The highest BCUT2D eigenvalue weighted by Gasteiger charge is 2.18. The van der Waals surface area contributed by atoms with E-state index < -0.39 is 0 Å². The molecular formula is C17H24N2OS. The molecule has 0 fully saturated rings. The lowest BCUT2D eigenvalue weighted by atomic mass is 9.98. The number of benzene rings is 1. The van der Waals surface area contributed by atoms with Gasteiger partial charge in [0.05, 0.1) is 12.1 Å². The minimum Gasteiger partial charge on any atom is -0.496 e. The van der Waals surface area contributed by atoms with E-state index in [1.54, 1.807) is 18.4 Å². The summed E-state index contributed by atoms with van der Waals surface area (Å²) in [5.41, 5.74) is 1.30. The number of methoxy groups -OCH3 is 1. The first-order chi connectivity index (χ1) is 9.91. The number of nitrogens with one attached hydrogen (secondary N) is 1. The van der Waals surface area contributed by atoms with Crippen molar-refractivity contribution in [3.05, 3.63) is 45.9 Å². The second kappa shape index (κ2) is 6.58. The van der Waals surface area contributed by atoms with Gasteiger partial charge < -0.3 is 10.1 Å². The van der Waals surface area contributed by atoms with Crippen molar-refractivity contribution in [3.63, 3.8) is 0 Å². The smallest absolute Gasteiger partial charge is 0.123 e. The third kappa shape index (κ3) is 4.05. The lowest BCUT2D eigenvalue weighted by Gasteiger charge is -2.16. The molecule has 0 radical (unpaired) electrons. The number of rotatable bonds is 5. The summed E-state index contributed by atoms with van der Waals surface area (Å²) in [5.74, 6) is 0.928. The van der Waals surface area contributed by atoms with Crippen LogP contribution < -0.4 is 10.1 Å². The van der Waals surface area contributed by atoms with Crippen molar-refractivity contribution >= 4 is 11.3 Å². The Bertz CT molecular complexity index is 586. The van der Waals surface area contributed by atoms with Gasteiger partial charge in [-0.05, 0) is 13.0 Å². The molecule has 0 amide bonds. The van der Waals surface area contributed by atoms with E-state index in [4.69, 9.17) is 4.74 Å². The predicted molar refractivity (Wildman–Crippen MR) is 89.1 cm³/mol. The Labute approximate surface area is 131 Å². The third-order valence-electron chi connectivity index (χ3n) is 3.38. The molecule has 1 N–H and O–H groups in total. The molecule has 4 heteroatoms. The van der Waals surface area contributed by atoms with Gasteiger partial charge in [-0.3, -0.25) is 0 Å². The van der Waals surface area contributed by atoms with E-state index >= 15 is 0 Å². The van der Waals surface area contributed by atoms with E-state index in [0.29, 0.717) is 0 Å². The number of thiazole rings is 1. The molecule has 1 aromatic heterocycles. The standard InChI is InChI=1S/C17H24N2OS/c1-12(14-8-6-7-9-15(14)20-5)18-10-13-11-19-16(21-13)17(2,3)4/h6-9,11-12,18H,10H2,1-5H3/t12-/m0/s1.